The minimum atomic E-state index is -0.170. The van der Waals surface area contributed by atoms with Crippen LogP contribution in [0, 0.1) is 5.92 Å². The van der Waals surface area contributed by atoms with E-state index >= 15 is 0 Å². The molecule has 2 aromatic rings. The van der Waals surface area contributed by atoms with Crippen molar-refractivity contribution < 1.29 is 18.7 Å². The Morgan fingerprint density at radius 1 is 1.08 bits per heavy atom. The highest BCUT2D eigenvalue weighted by Gasteiger charge is 2.33. The van der Waals surface area contributed by atoms with Crippen LogP contribution in [0.2, 0.25) is 5.02 Å². The summed E-state index contributed by atoms with van der Waals surface area (Å²) in [7, 11) is 0. The maximum absolute atomic E-state index is 12.9. The van der Waals surface area contributed by atoms with E-state index < -0.39 is 0 Å². The highest BCUT2D eigenvalue weighted by Crippen LogP contribution is 2.26. The van der Waals surface area contributed by atoms with Crippen LogP contribution in [0.1, 0.15) is 23.4 Å². The molecule has 6 nitrogen and oxygen atoms in total. The van der Waals surface area contributed by atoms with Crippen molar-refractivity contribution in [2.24, 2.45) is 5.92 Å². The normalized spacial score (nSPS) is 21.2. The zero-order valence-electron chi connectivity index (χ0n) is 14.4. The van der Waals surface area contributed by atoms with Gasteiger partial charge in [-0.1, -0.05) is 11.6 Å². The molecular formula is C19H21ClN2O4. The zero-order valence-corrected chi connectivity index (χ0v) is 15.2. The lowest BCUT2D eigenvalue weighted by Gasteiger charge is -2.35. The number of rotatable bonds is 2. The topological polar surface area (TPSA) is 63.0 Å². The van der Waals surface area contributed by atoms with Crippen molar-refractivity contribution >= 4 is 34.4 Å². The number of halogens is 1. The smallest absolute Gasteiger partial charge is 0.289 e. The summed E-state index contributed by atoms with van der Waals surface area (Å²) in [4.78, 5) is 29.2. The maximum atomic E-state index is 12.9. The fourth-order valence-electron chi connectivity index (χ4n) is 3.68. The van der Waals surface area contributed by atoms with E-state index in [-0.39, 0.29) is 17.7 Å². The summed E-state index contributed by atoms with van der Waals surface area (Å²) in [6.45, 7) is 3.52. The van der Waals surface area contributed by atoms with Crippen molar-refractivity contribution in [3.63, 3.8) is 0 Å². The molecule has 4 rings (SSSR count). The largest absolute Gasteiger partial charge is 0.451 e. The van der Waals surface area contributed by atoms with Gasteiger partial charge in [0.1, 0.15) is 5.58 Å². The summed E-state index contributed by atoms with van der Waals surface area (Å²) in [6.07, 6.45) is 1.63. The third-order valence-corrected chi connectivity index (χ3v) is 5.30. The van der Waals surface area contributed by atoms with E-state index in [0.29, 0.717) is 55.8 Å². The maximum Gasteiger partial charge on any atom is 0.289 e. The first kappa shape index (κ1) is 17.4. The molecule has 0 spiro atoms. The quantitative estimate of drug-likeness (QED) is 0.808. The molecular weight excluding hydrogens is 356 g/mol. The number of nitrogens with zero attached hydrogens (tertiary/aromatic N) is 2. The number of morpholine rings is 1. The molecule has 0 N–H and O–H groups in total. The minimum absolute atomic E-state index is 0.127. The Hall–Kier alpha value is -2.05. The van der Waals surface area contributed by atoms with Crippen LogP contribution in [-0.2, 0) is 9.53 Å². The average Bonchev–Trinajstić information content (AvgIpc) is 3.10. The van der Waals surface area contributed by atoms with Crippen molar-refractivity contribution in [1.82, 2.24) is 9.80 Å². The predicted molar refractivity (Wildman–Crippen MR) is 97.3 cm³/mol. The SMILES string of the molecule is O=C(c1cc2cc(Cl)ccc2o1)N1CCCC(C(=O)N2CCOCC2)C1. The average molecular weight is 377 g/mol. The molecule has 1 atom stereocenters. The number of fused-ring (bicyclic) bond motifs is 1. The first-order valence-corrected chi connectivity index (χ1v) is 9.34. The summed E-state index contributed by atoms with van der Waals surface area (Å²) in [5.41, 5.74) is 0.635. The highest BCUT2D eigenvalue weighted by atomic mass is 35.5. The number of amides is 2. The Morgan fingerprint density at radius 3 is 2.69 bits per heavy atom. The molecule has 0 aliphatic carbocycles. The standard InChI is InChI=1S/C19H21ClN2O4/c20-15-3-4-16-14(10-15)11-17(26-16)19(24)22-5-1-2-13(12-22)18(23)21-6-8-25-9-7-21/h3-4,10-11,13H,1-2,5-9,12H2. The molecule has 3 heterocycles. The number of piperidine rings is 1. The van der Waals surface area contributed by atoms with Gasteiger partial charge in [-0.3, -0.25) is 9.59 Å². The van der Waals surface area contributed by atoms with Gasteiger partial charge in [0.05, 0.1) is 19.1 Å². The van der Waals surface area contributed by atoms with Crippen LogP contribution in [0.15, 0.2) is 28.7 Å². The number of carbonyl (C=O) groups is 2. The Balaban J connectivity index is 1.47. The lowest BCUT2D eigenvalue weighted by Crippen LogP contribution is -2.49. The minimum Gasteiger partial charge on any atom is -0.451 e. The highest BCUT2D eigenvalue weighted by molar-refractivity contribution is 6.31. The molecule has 2 aliphatic rings. The van der Waals surface area contributed by atoms with E-state index in [4.69, 9.17) is 20.8 Å². The summed E-state index contributed by atoms with van der Waals surface area (Å²) < 4.78 is 11.0. The van der Waals surface area contributed by atoms with E-state index in [0.717, 1.165) is 18.2 Å². The van der Waals surface area contributed by atoms with Crippen molar-refractivity contribution in [2.75, 3.05) is 39.4 Å². The number of benzene rings is 1. The summed E-state index contributed by atoms with van der Waals surface area (Å²) >= 11 is 6.00. The number of furan rings is 1. The lowest BCUT2D eigenvalue weighted by atomic mass is 9.96. The molecule has 1 unspecified atom stereocenters. The van der Waals surface area contributed by atoms with Crippen LogP contribution in [0.5, 0.6) is 0 Å². The van der Waals surface area contributed by atoms with Gasteiger partial charge < -0.3 is 19.0 Å². The Bertz CT molecular complexity index is 828. The van der Waals surface area contributed by atoms with Gasteiger partial charge in [-0.05, 0) is 37.1 Å². The van der Waals surface area contributed by atoms with Crippen molar-refractivity contribution in [3.8, 4) is 0 Å². The van der Waals surface area contributed by atoms with E-state index in [9.17, 15) is 9.59 Å². The third kappa shape index (κ3) is 3.44. The van der Waals surface area contributed by atoms with Crippen LogP contribution in [-0.4, -0.2) is 61.0 Å². The van der Waals surface area contributed by atoms with Crippen molar-refractivity contribution in [1.29, 1.82) is 0 Å². The molecule has 0 bridgehead atoms. The fourth-order valence-corrected chi connectivity index (χ4v) is 3.86. The van der Waals surface area contributed by atoms with Gasteiger partial charge in [0.25, 0.3) is 5.91 Å². The first-order valence-electron chi connectivity index (χ1n) is 8.97. The van der Waals surface area contributed by atoms with Gasteiger partial charge in [-0.2, -0.15) is 0 Å². The van der Waals surface area contributed by atoms with Crippen LogP contribution in [0.3, 0.4) is 0 Å². The van der Waals surface area contributed by atoms with E-state index in [1.54, 1.807) is 29.2 Å². The summed E-state index contributed by atoms with van der Waals surface area (Å²) in [6, 6.07) is 6.99. The number of likely N-dealkylation sites (tertiary alicyclic amines) is 1. The van der Waals surface area contributed by atoms with E-state index in [1.165, 1.54) is 0 Å². The van der Waals surface area contributed by atoms with Crippen molar-refractivity contribution in [2.45, 2.75) is 12.8 Å². The molecule has 1 aromatic heterocycles. The Labute approximate surface area is 156 Å². The third-order valence-electron chi connectivity index (χ3n) is 5.07. The number of hydrogen-bond donors (Lipinski definition) is 0. The van der Waals surface area contributed by atoms with Gasteiger partial charge in [-0.15, -0.1) is 0 Å². The second-order valence-electron chi connectivity index (χ2n) is 6.82. The van der Waals surface area contributed by atoms with Gasteiger partial charge in [0.2, 0.25) is 5.91 Å². The van der Waals surface area contributed by atoms with Crippen LogP contribution >= 0.6 is 11.6 Å². The van der Waals surface area contributed by atoms with Gasteiger partial charge in [0.15, 0.2) is 5.76 Å². The fraction of sp³-hybridized carbons (Fsp3) is 0.474. The molecule has 1 aromatic carbocycles. The van der Waals surface area contributed by atoms with Gasteiger partial charge >= 0.3 is 0 Å². The Kier molecular flexibility index (Phi) is 4.87. The molecule has 26 heavy (non-hydrogen) atoms. The lowest BCUT2D eigenvalue weighted by molar-refractivity contribution is -0.141. The predicted octanol–water partition coefficient (Wildman–Crippen LogP) is 2.80. The van der Waals surface area contributed by atoms with Crippen LogP contribution < -0.4 is 0 Å². The van der Waals surface area contributed by atoms with E-state index in [1.807, 2.05) is 4.90 Å². The summed E-state index contributed by atoms with van der Waals surface area (Å²) in [5.74, 6) is 0.102. The van der Waals surface area contributed by atoms with Crippen LogP contribution in [0.4, 0.5) is 0 Å². The molecule has 2 amide bonds. The monoisotopic (exact) mass is 376 g/mol. The molecule has 138 valence electrons. The van der Waals surface area contributed by atoms with Gasteiger partial charge in [-0.25, -0.2) is 0 Å². The second kappa shape index (κ2) is 7.29. The molecule has 0 saturated carbocycles. The van der Waals surface area contributed by atoms with Crippen LogP contribution in [0.25, 0.3) is 11.0 Å². The van der Waals surface area contributed by atoms with Crippen molar-refractivity contribution in [3.05, 3.63) is 35.0 Å². The Morgan fingerprint density at radius 2 is 1.88 bits per heavy atom. The molecule has 2 saturated heterocycles. The first-order chi connectivity index (χ1) is 12.6. The molecule has 7 heteroatoms. The second-order valence-corrected chi connectivity index (χ2v) is 7.26. The zero-order chi connectivity index (χ0) is 18.1. The molecule has 2 fully saturated rings. The van der Waals surface area contributed by atoms with E-state index in [2.05, 4.69) is 0 Å². The number of ether oxygens (including phenoxy) is 1. The molecule has 2 aliphatic heterocycles. The number of carbonyl (C=O) groups excluding carboxylic acids is 2. The van der Waals surface area contributed by atoms with Gasteiger partial charge in [0, 0.05) is 36.6 Å². The molecule has 0 radical (unpaired) electrons. The summed E-state index contributed by atoms with van der Waals surface area (Å²) in [5, 5.41) is 1.41. The number of hydrogen-bond acceptors (Lipinski definition) is 4.